The first-order valence-electron chi connectivity index (χ1n) is 9.06. The van der Waals surface area contributed by atoms with Gasteiger partial charge in [-0.1, -0.05) is 42.5 Å². The monoisotopic (exact) mass is 427 g/mol. The van der Waals surface area contributed by atoms with E-state index in [9.17, 15) is 8.42 Å². The molecule has 2 aromatic carbocycles. The Morgan fingerprint density at radius 2 is 1.79 bits per heavy atom. The molecular weight excluding hydrogens is 406 g/mol. The second-order valence-corrected chi connectivity index (χ2v) is 8.50. The van der Waals surface area contributed by atoms with Crippen LogP contribution in [0.2, 0.25) is 0 Å². The van der Waals surface area contributed by atoms with Gasteiger partial charge in [0, 0.05) is 30.5 Å². The third-order valence-corrected chi connectivity index (χ3v) is 6.39. The lowest BCUT2D eigenvalue weighted by Gasteiger charge is -2.08. The van der Waals surface area contributed by atoms with Crippen LogP contribution in [0, 0.1) is 0 Å². The highest BCUT2D eigenvalue weighted by Crippen LogP contribution is 2.27. The lowest BCUT2D eigenvalue weighted by molar-refractivity contribution is 0.588. The van der Waals surface area contributed by atoms with Gasteiger partial charge in [0.15, 0.2) is 0 Å². The van der Waals surface area contributed by atoms with E-state index >= 15 is 0 Å². The van der Waals surface area contributed by atoms with E-state index in [2.05, 4.69) is 28.5 Å². The van der Waals surface area contributed by atoms with Crippen LogP contribution >= 0.6 is 12.4 Å². The van der Waals surface area contributed by atoms with Crippen molar-refractivity contribution in [1.29, 1.82) is 0 Å². The molecule has 0 aliphatic heterocycles. The summed E-state index contributed by atoms with van der Waals surface area (Å²) in [5.41, 5.74) is 3.87. The number of pyridine rings is 1. The molecule has 0 aliphatic rings. The largest absolute Gasteiger partial charge is 0.316 e. The lowest BCUT2D eigenvalue weighted by atomic mass is 10.0. The zero-order valence-corrected chi connectivity index (χ0v) is 17.6. The fourth-order valence-electron chi connectivity index (χ4n) is 3.40. The third-order valence-electron chi connectivity index (χ3n) is 4.73. The molecule has 29 heavy (non-hydrogen) atoms. The summed E-state index contributed by atoms with van der Waals surface area (Å²) in [6, 6.07) is 19.4. The Hall–Kier alpha value is -2.67. The summed E-state index contributed by atoms with van der Waals surface area (Å²) < 4.78 is 27.9. The highest BCUT2D eigenvalue weighted by Gasteiger charge is 2.21. The van der Waals surface area contributed by atoms with Crippen molar-refractivity contribution in [2.24, 2.45) is 0 Å². The zero-order valence-electron chi connectivity index (χ0n) is 15.9. The fourth-order valence-corrected chi connectivity index (χ4v) is 4.74. The van der Waals surface area contributed by atoms with Crippen LogP contribution in [0.1, 0.15) is 16.7 Å². The molecule has 4 rings (SSSR count). The summed E-state index contributed by atoms with van der Waals surface area (Å²) in [6.45, 7) is 0.587. The minimum atomic E-state index is -3.73. The van der Waals surface area contributed by atoms with Crippen LogP contribution in [0.15, 0.2) is 84.1 Å². The maximum absolute atomic E-state index is 13.2. The minimum absolute atomic E-state index is 0. The lowest BCUT2D eigenvalue weighted by Crippen LogP contribution is -2.12. The van der Waals surface area contributed by atoms with Crippen LogP contribution in [-0.2, 0) is 23.0 Å². The molecule has 150 valence electrons. The maximum Gasteiger partial charge on any atom is 0.269 e. The van der Waals surface area contributed by atoms with E-state index in [1.54, 1.807) is 24.5 Å². The Bertz CT molecular complexity index is 1210. The normalized spacial score (nSPS) is 11.3. The number of nitrogens with one attached hydrogen (secondary N) is 1. The van der Waals surface area contributed by atoms with Crippen molar-refractivity contribution >= 4 is 33.3 Å². The van der Waals surface area contributed by atoms with Gasteiger partial charge < -0.3 is 5.32 Å². The Balaban J connectivity index is 0.00000240. The number of halogens is 1. The smallest absolute Gasteiger partial charge is 0.269 e. The molecule has 7 heteroatoms. The molecule has 0 unspecified atom stereocenters. The average molecular weight is 428 g/mol. The van der Waals surface area contributed by atoms with Crippen molar-refractivity contribution in [3.05, 3.63) is 95.9 Å². The number of hydrogen-bond donors (Lipinski definition) is 1. The van der Waals surface area contributed by atoms with Gasteiger partial charge in [0.25, 0.3) is 10.0 Å². The molecule has 0 saturated carbocycles. The van der Waals surface area contributed by atoms with Crippen LogP contribution < -0.4 is 5.32 Å². The highest BCUT2D eigenvalue weighted by atomic mass is 35.5. The summed E-state index contributed by atoms with van der Waals surface area (Å²) in [6.07, 6.45) is 5.40. The molecular formula is C22H22ClN3O2S. The second-order valence-electron chi connectivity index (χ2n) is 6.69. The third kappa shape index (κ3) is 4.19. The number of nitrogens with zero attached hydrogens (tertiary/aromatic N) is 2. The molecule has 2 heterocycles. The van der Waals surface area contributed by atoms with E-state index in [0.29, 0.717) is 12.1 Å². The highest BCUT2D eigenvalue weighted by molar-refractivity contribution is 7.90. The number of fused-ring (bicyclic) bond motifs is 1. The first-order valence-corrected chi connectivity index (χ1v) is 10.5. The van der Waals surface area contributed by atoms with E-state index in [-0.39, 0.29) is 17.3 Å². The quantitative estimate of drug-likeness (QED) is 0.505. The summed E-state index contributed by atoms with van der Waals surface area (Å²) in [5, 5.41) is 4.04. The second kappa shape index (κ2) is 8.78. The van der Waals surface area contributed by atoms with Gasteiger partial charge in [0.2, 0.25) is 0 Å². The molecule has 0 fully saturated rings. The van der Waals surface area contributed by atoms with Gasteiger partial charge in [-0.15, -0.1) is 12.4 Å². The Morgan fingerprint density at radius 1 is 1.00 bits per heavy atom. The van der Waals surface area contributed by atoms with E-state index in [4.69, 9.17) is 0 Å². The first kappa shape index (κ1) is 21.0. The predicted molar refractivity (Wildman–Crippen MR) is 118 cm³/mol. The predicted octanol–water partition coefficient (Wildman–Crippen LogP) is 4.01. The molecule has 0 aliphatic carbocycles. The van der Waals surface area contributed by atoms with Gasteiger partial charge in [-0.05, 0) is 48.4 Å². The van der Waals surface area contributed by atoms with Crippen LogP contribution in [0.3, 0.4) is 0 Å². The van der Waals surface area contributed by atoms with Crippen LogP contribution in [-0.4, -0.2) is 24.4 Å². The molecule has 4 aromatic rings. The summed E-state index contributed by atoms with van der Waals surface area (Å²) >= 11 is 0. The van der Waals surface area contributed by atoms with E-state index in [1.165, 1.54) is 15.7 Å². The number of rotatable bonds is 6. The summed E-state index contributed by atoms with van der Waals surface area (Å²) in [4.78, 5) is 4.15. The molecule has 0 atom stereocenters. The Labute approximate surface area is 176 Å². The SMILES string of the molecule is CNCc1cn(S(=O)(=O)c2cccnc2)c2cc(Cc3ccccc3)ccc12.Cl. The Morgan fingerprint density at radius 3 is 2.48 bits per heavy atom. The number of hydrogen-bond acceptors (Lipinski definition) is 4. The zero-order chi connectivity index (χ0) is 19.6. The van der Waals surface area contributed by atoms with Crippen molar-refractivity contribution in [2.45, 2.75) is 17.9 Å². The van der Waals surface area contributed by atoms with Gasteiger partial charge >= 0.3 is 0 Å². The van der Waals surface area contributed by atoms with Crippen LogP contribution in [0.4, 0.5) is 0 Å². The standard InChI is InChI=1S/C22H21N3O2S.ClH/c1-23-14-19-16-25(28(26,27)20-8-5-11-24-15-20)22-13-18(9-10-21(19)22)12-17-6-3-2-4-7-17;/h2-11,13,15-16,23H,12,14H2,1H3;1H. The molecule has 0 saturated heterocycles. The van der Waals surface area contributed by atoms with Crippen LogP contribution in [0.5, 0.6) is 0 Å². The molecule has 5 nitrogen and oxygen atoms in total. The molecule has 0 bridgehead atoms. The van der Waals surface area contributed by atoms with Gasteiger partial charge in [0.1, 0.15) is 4.90 Å². The average Bonchev–Trinajstić information content (AvgIpc) is 3.08. The molecule has 1 N–H and O–H groups in total. The maximum atomic E-state index is 13.2. The summed E-state index contributed by atoms with van der Waals surface area (Å²) in [5.74, 6) is 0. The van der Waals surface area contributed by atoms with Crippen molar-refractivity contribution in [1.82, 2.24) is 14.3 Å². The van der Waals surface area contributed by atoms with Crippen molar-refractivity contribution in [3.8, 4) is 0 Å². The molecule has 0 amide bonds. The molecule has 0 spiro atoms. The van der Waals surface area contributed by atoms with Gasteiger partial charge in [0.05, 0.1) is 5.52 Å². The van der Waals surface area contributed by atoms with Gasteiger partial charge in [-0.25, -0.2) is 12.4 Å². The van der Waals surface area contributed by atoms with E-state index in [0.717, 1.165) is 22.9 Å². The first-order chi connectivity index (χ1) is 13.6. The van der Waals surface area contributed by atoms with Crippen molar-refractivity contribution < 1.29 is 8.42 Å². The minimum Gasteiger partial charge on any atom is -0.316 e. The van der Waals surface area contributed by atoms with Gasteiger partial charge in [-0.3, -0.25) is 4.98 Å². The Kier molecular flexibility index (Phi) is 6.37. The van der Waals surface area contributed by atoms with E-state index in [1.807, 2.05) is 37.4 Å². The topological polar surface area (TPSA) is 64.0 Å². The number of benzene rings is 2. The summed E-state index contributed by atoms with van der Waals surface area (Å²) in [7, 11) is -1.88. The van der Waals surface area contributed by atoms with Crippen molar-refractivity contribution in [2.75, 3.05) is 7.05 Å². The molecule has 0 radical (unpaired) electrons. The van der Waals surface area contributed by atoms with Gasteiger partial charge in [-0.2, -0.15) is 0 Å². The van der Waals surface area contributed by atoms with Crippen molar-refractivity contribution in [3.63, 3.8) is 0 Å². The fraction of sp³-hybridized carbons (Fsp3) is 0.136. The molecule has 2 aromatic heterocycles. The van der Waals surface area contributed by atoms with E-state index < -0.39 is 10.0 Å². The van der Waals surface area contributed by atoms with Crippen LogP contribution in [0.25, 0.3) is 10.9 Å². The number of aromatic nitrogens is 2.